The molecule has 0 saturated carbocycles. The number of methoxy groups -OCH3 is 2. The Kier molecular flexibility index (Phi) is 9.11. The second-order valence-corrected chi connectivity index (χ2v) is 9.75. The highest BCUT2D eigenvalue weighted by atomic mass is 32.2. The SMILES string of the molecule is COc1cc(/C=C/C(=O)CC2=CC(c3ccc(O)c(OC)c3)SC(=NCCc3ccccc3)N2)ccc1O. The first-order chi connectivity index (χ1) is 18.4. The second-order valence-electron chi connectivity index (χ2n) is 8.62. The smallest absolute Gasteiger partial charge is 0.161 e. The van der Waals surface area contributed by atoms with E-state index in [4.69, 9.17) is 14.5 Å². The van der Waals surface area contributed by atoms with Gasteiger partial charge in [0.2, 0.25) is 0 Å². The second kappa shape index (κ2) is 12.9. The van der Waals surface area contributed by atoms with E-state index in [2.05, 4.69) is 17.4 Å². The van der Waals surface area contributed by atoms with Crippen molar-refractivity contribution in [1.29, 1.82) is 0 Å². The summed E-state index contributed by atoms with van der Waals surface area (Å²) in [5.41, 5.74) is 3.63. The Balaban J connectivity index is 1.52. The molecule has 7 nitrogen and oxygen atoms in total. The molecule has 38 heavy (non-hydrogen) atoms. The third kappa shape index (κ3) is 7.20. The van der Waals surface area contributed by atoms with Gasteiger partial charge in [-0.2, -0.15) is 0 Å². The molecular weight excluding hydrogens is 500 g/mol. The number of aliphatic imine (C=N–C) groups is 1. The number of ketones is 1. The lowest BCUT2D eigenvalue weighted by atomic mass is 10.1. The molecule has 0 spiro atoms. The summed E-state index contributed by atoms with van der Waals surface area (Å²) in [6, 6.07) is 20.3. The van der Waals surface area contributed by atoms with Gasteiger partial charge in [0.15, 0.2) is 33.9 Å². The summed E-state index contributed by atoms with van der Waals surface area (Å²) >= 11 is 1.55. The van der Waals surface area contributed by atoms with Crippen LogP contribution in [0.2, 0.25) is 0 Å². The number of allylic oxidation sites excluding steroid dienone is 2. The number of carbonyl (C=O) groups excluding carboxylic acids is 1. The van der Waals surface area contributed by atoms with Gasteiger partial charge in [-0.1, -0.05) is 60.3 Å². The van der Waals surface area contributed by atoms with E-state index in [-0.39, 0.29) is 29.0 Å². The molecule has 1 heterocycles. The lowest BCUT2D eigenvalue weighted by molar-refractivity contribution is -0.114. The third-order valence-electron chi connectivity index (χ3n) is 5.92. The summed E-state index contributed by atoms with van der Waals surface area (Å²) in [6.45, 7) is 0.606. The summed E-state index contributed by atoms with van der Waals surface area (Å²) in [6.07, 6.45) is 6.18. The maximum Gasteiger partial charge on any atom is 0.161 e. The van der Waals surface area contributed by atoms with Crippen molar-refractivity contribution in [2.24, 2.45) is 4.99 Å². The van der Waals surface area contributed by atoms with Crippen LogP contribution in [-0.2, 0) is 11.2 Å². The van der Waals surface area contributed by atoms with Crippen molar-refractivity contribution < 1.29 is 24.5 Å². The fraction of sp³-hybridized carbons (Fsp3) is 0.200. The molecule has 1 unspecified atom stereocenters. The zero-order valence-electron chi connectivity index (χ0n) is 21.3. The van der Waals surface area contributed by atoms with Gasteiger partial charge in [-0.25, -0.2) is 0 Å². The van der Waals surface area contributed by atoms with Crippen LogP contribution in [0.1, 0.15) is 28.4 Å². The number of ether oxygens (including phenoxy) is 2. The van der Waals surface area contributed by atoms with Crippen LogP contribution in [-0.4, -0.2) is 41.9 Å². The van der Waals surface area contributed by atoms with Gasteiger partial charge in [0, 0.05) is 12.2 Å². The van der Waals surface area contributed by atoms with Crippen LogP contribution in [0, 0.1) is 0 Å². The van der Waals surface area contributed by atoms with E-state index in [1.54, 1.807) is 42.1 Å². The lowest BCUT2D eigenvalue weighted by Gasteiger charge is -2.24. The molecule has 0 aromatic heterocycles. The predicted octanol–water partition coefficient (Wildman–Crippen LogP) is 5.65. The maximum absolute atomic E-state index is 12.9. The minimum absolute atomic E-state index is 0.0426. The highest BCUT2D eigenvalue weighted by Gasteiger charge is 2.22. The first-order valence-corrected chi connectivity index (χ1v) is 13.0. The molecule has 0 aliphatic carbocycles. The molecule has 0 fully saturated rings. The van der Waals surface area contributed by atoms with Gasteiger partial charge >= 0.3 is 0 Å². The number of nitrogens with one attached hydrogen (secondary N) is 1. The number of hydrogen-bond donors (Lipinski definition) is 3. The van der Waals surface area contributed by atoms with Crippen LogP contribution in [0.3, 0.4) is 0 Å². The predicted molar refractivity (Wildman–Crippen MR) is 152 cm³/mol. The number of thioether (sulfide) groups is 1. The molecule has 1 aliphatic rings. The highest BCUT2D eigenvalue weighted by molar-refractivity contribution is 8.14. The normalized spacial score (nSPS) is 16.2. The summed E-state index contributed by atoms with van der Waals surface area (Å²) in [4.78, 5) is 17.6. The molecule has 0 radical (unpaired) electrons. The average Bonchev–Trinajstić information content (AvgIpc) is 2.93. The van der Waals surface area contributed by atoms with Crippen molar-refractivity contribution in [1.82, 2.24) is 5.32 Å². The molecule has 3 aromatic rings. The lowest BCUT2D eigenvalue weighted by Crippen LogP contribution is -2.27. The summed E-state index contributed by atoms with van der Waals surface area (Å²) < 4.78 is 10.4. The van der Waals surface area contributed by atoms with Gasteiger partial charge in [0.05, 0.1) is 25.9 Å². The first-order valence-electron chi connectivity index (χ1n) is 12.1. The fourth-order valence-corrected chi connectivity index (χ4v) is 5.04. The molecule has 0 amide bonds. The van der Waals surface area contributed by atoms with Crippen molar-refractivity contribution >= 4 is 28.8 Å². The Labute approximate surface area is 226 Å². The Morgan fingerprint density at radius 2 is 1.71 bits per heavy atom. The van der Waals surface area contributed by atoms with E-state index in [1.807, 2.05) is 30.3 Å². The standard InChI is InChI=1S/C30H30N2O5S/c1-36-27-16-21(9-12-25(27)34)8-11-24(33)18-23-19-29(22-10-13-26(35)28(17-22)37-2)38-30(32-23)31-15-14-20-6-4-3-5-7-20/h3-13,16-17,19,29,34-35H,14-15,18H2,1-2H3,(H,31,32)/b11-8+. The van der Waals surface area contributed by atoms with Crippen LogP contribution in [0.4, 0.5) is 0 Å². The third-order valence-corrected chi connectivity index (χ3v) is 7.04. The van der Waals surface area contributed by atoms with E-state index in [0.29, 0.717) is 18.0 Å². The molecular formula is C30H30N2O5S. The zero-order valence-corrected chi connectivity index (χ0v) is 22.1. The quantitative estimate of drug-likeness (QED) is 0.291. The topological polar surface area (TPSA) is 100 Å². The molecule has 4 rings (SSSR count). The largest absolute Gasteiger partial charge is 0.504 e. The molecule has 3 aromatic carbocycles. The van der Waals surface area contributed by atoms with Gasteiger partial charge < -0.3 is 25.0 Å². The number of nitrogens with zero attached hydrogens (tertiary/aromatic N) is 1. The van der Waals surface area contributed by atoms with Crippen LogP contribution < -0.4 is 14.8 Å². The minimum atomic E-state index is -0.116. The monoisotopic (exact) mass is 530 g/mol. The number of rotatable bonds is 10. The highest BCUT2D eigenvalue weighted by Crippen LogP contribution is 2.39. The number of aromatic hydroxyl groups is 2. The van der Waals surface area contributed by atoms with Crippen LogP contribution in [0.15, 0.2) is 89.6 Å². The number of phenolic OH excluding ortho intramolecular Hbond substituents is 2. The Morgan fingerprint density at radius 3 is 2.45 bits per heavy atom. The van der Waals surface area contributed by atoms with E-state index in [9.17, 15) is 15.0 Å². The van der Waals surface area contributed by atoms with Gasteiger partial charge in [-0.15, -0.1) is 0 Å². The Hall–Kier alpha value is -4.17. The Bertz CT molecular complexity index is 1370. The number of phenols is 2. The number of hydrogen-bond acceptors (Lipinski definition) is 7. The average molecular weight is 531 g/mol. The first kappa shape index (κ1) is 26.9. The van der Waals surface area contributed by atoms with E-state index < -0.39 is 0 Å². The molecule has 8 heteroatoms. The maximum atomic E-state index is 12.9. The van der Waals surface area contributed by atoms with Gasteiger partial charge in [0.25, 0.3) is 0 Å². The summed E-state index contributed by atoms with van der Waals surface area (Å²) in [5, 5.41) is 23.7. The number of amidine groups is 1. The summed E-state index contributed by atoms with van der Waals surface area (Å²) in [5.74, 6) is 0.760. The zero-order chi connectivity index (χ0) is 26.9. The van der Waals surface area contributed by atoms with Crippen LogP contribution >= 0.6 is 11.8 Å². The van der Waals surface area contributed by atoms with Gasteiger partial charge in [0.1, 0.15) is 0 Å². The molecule has 0 bridgehead atoms. The van der Waals surface area contributed by atoms with E-state index >= 15 is 0 Å². The molecule has 1 aliphatic heterocycles. The van der Waals surface area contributed by atoms with Crippen molar-refractivity contribution in [2.75, 3.05) is 20.8 Å². The van der Waals surface area contributed by atoms with E-state index in [1.165, 1.54) is 31.9 Å². The molecule has 3 N–H and O–H groups in total. The number of benzene rings is 3. The minimum Gasteiger partial charge on any atom is -0.504 e. The van der Waals surface area contributed by atoms with Crippen molar-refractivity contribution in [2.45, 2.75) is 18.1 Å². The van der Waals surface area contributed by atoms with Crippen LogP contribution in [0.5, 0.6) is 23.0 Å². The van der Waals surface area contributed by atoms with Crippen molar-refractivity contribution in [3.8, 4) is 23.0 Å². The Morgan fingerprint density at radius 1 is 1.00 bits per heavy atom. The van der Waals surface area contributed by atoms with Gasteiger partial charge in [-0.05, 0) is 59.5 Å². The van der Waals surface area contributed by atoms with E-state index in [0.717, 1.165) is 28.4 Å². The molecule has 1 atom stereocenters. The number of carbonyl (C=O) groups is 1. The van der Waals surface area contributed by atoms with Crippen molar-refractivity contribution in [3.05, 3.63) is 101 Å². The summed E-state index contributed by atoms with van der Waals surface area (Å²) in [7, 11) is 2.99. The molecule has 0 saturated heterocycles. The van der Waals surface area contributed by atoms with Gasteiger partial charge in [-0.3, -0.25) is 9.79 Å². The van der Waals surface area contributed by atoms with Crippen molar-refractivity contribution in [3.63, 3.8) is 0 Å². The molecule has 196 valence electrons. The van der Waals surface area contributed by atoms with Crippen LogP contribution in [0.25, 0.3) is 6.08 Å². The fourth-order valence-electron chi connectivity index (χ4n) is 3.93.